The van der Waals surface area contributed by atoms with Crippen molar-refractivity contribution in [3.63, 3.8) is 0 Å². The standard InChI is InChI=1S/C22H28N6/c1-22(2,3)28-21(23-24-25-28)20(18-10-6-4-7-11-18)27-16-14-26(15-17-27)19-12-8-5-9-13-19/h4-13,20H,14-17H2,1-3H3/t20-/m1/s1. The minimum absolute atomic E-state index is 0.0494. The highest BCUT2D eigenvalue weighted by atomic mass is 15.6. The molecule has 0 N–H and O–H groups in total. The van der Waals surface area contributed by atoms with Crippen molar-refractivity contribution in [2.45, 2.75) is 32.4 Å². The van der Waals surface area contributed by atoms with Crippen molar-refractivity contribution >= 4 is 5.69 Å². The Balaban J connectivity index is 1.62. The second kappa shape index (κ2) is 7.72. The first-order valence-corrected chi connectivity index (χ1v) is 9.92. The number of benzene rings is 2. The van der Waals surface area contributed by atoms with E-state index in [0.717, 1.165) is 32.0 Å². The van der Waals surface area contributed by atoms with Crippen molar-refractivity contribution < 1.29 is 0 Å². The maximum Gasteiger partial charge on any atom is 0.173 e. The number of tetrazole rings is 1. The summed E-state index contributed by atoms with van der Waals surface area (Å²) in [6.45, 7) is 10.3. The molecule has 1 saturated heterocycles. The third-order valence-electron chi connectivity index (χ3n) is 5.29. The molecule has 4 rings (SSSR count). The van der Waals surface area contributed by atoms with Gasteiger partial charge in [0.05, 0.1) is 11.6 Å². The van der Waals surface area contributed by atoms with Gasteiger partial charge in [-0.1, -0.05) is 48.5 Å². The van der Waals surface area contributed by atoms with Crippen LogP contribution in [-0.2, 0) is 5.54 Å². The highest BCUT2D eigenvalue weighted by Gasteiger charge is 2.33. The Kier molecular flexibility index (Phi) is 5.13. The first-order valence-electron chi connectivity index (χ1n) is 9.92. The lowest BCUT2D eigenvalue weighted by molar-refractivity contribution is 0.191. The minimum atomic E-state index is -0.169. The number of nitrogens with zero attached hydrogens (tertiary/aromatic N) is 6. The summed E-state index contributed by atoms with van der Waals surface area (Å²) in [4.78, 5) is 4.95. The quantitative estimate of drug-likeness (QED) is 0.699. The largest absolute Gasteiger partial charge is 0.369 e. The lowest BCUT2D eigenvalue weighted by Gasteiger charge is -2.40. The van der Waals surface area contributed by atoms with E-state index in [2.05, 4.69) is 107 Å². The average molecular weight is 377 g/mol. The molecule has 0 amide bonds. The molecule has 2 aromatic carbocycles. The van der Waals surface area contributed by atoms with Crippen molar-refractivity contribution in [3.05, 3.63) is 72.1 Å². The summed E-state index contributed by atoms with van der Waals surface area (Å²) < 4.78 is 1.97. The van der Waals surface area contributed by atoms with Gasteiger partial charge in [-0.3, -0.25) is 4.90 Å². The van der Waals surface area contributed by atoms with Crippen LogP contribution in [0.3, 0.4) is 0 Å². The van der Waals surface area contributed by atoms with Gasteiger partial charge in [-0.05, 0) is 48.9 Å². The van der Waals surface area contributed by atoms with Crippen molar-refractivity contribution in [2.75, 3.05) is 31.1 Å². The molecule has 0 radical (unpaired) electrons. The number of hydrogen-bond acceptors (Lipinski definition) is 5. The van der Waals surface area contributed by atoms with Gasteiger partial charge >= 0.3 is 0 Å². The second-order valence-corrected chi connectivity index (χ2v) is 8.29. The molecule has 6 nitrogen and oxygen atoms in total. The number of para-hydroxylation sites is 1. The van der Waals surface area contributed by atoms with Crippen LogP contribution in [-0.4, -0.2) is 51.3 Å². The van der Waals surface area contributed by atoms with Crippen LogP contribution in [0.15, 0.2) is 60.7 Å². The zero-order chi connectivity index (χ0) is 19.6. The molecule has 6 heteroatoms. The Labute approximate surface area is 166 Å². The van der Waals surface area contributed by atoms with Crippen molar-refractivity contribution in [1.82, 2.24) is 25.1 Å². The molecule has 3 aromatic rings. The fraction of sp³-hybridized carbons (Fsp3) is 0.409. The first-order chi connectivity index (χ1) is 13.5. The Bertz CT molecular complexity index is 876. The molecule has 0 spiro atoms. The summed E-state index contributed by atoms with van der Waals surface area (Å²) in [5.74, 6) is 0.909. The Morgan fingerprint density at radius 1 is 0.821 bits per heavy atom. The fourth-order valence-corrected chi connectivity index (χ4v) is 3.88. The van der Waals surface area contributed by atoms with E-state index >= 15 is 0 Å². The summed E-state index contributed by atoms with van der Waals surface area (Å²) in [5, 5.41) is 12.8. The molecule has 146 valence electrons. The van der Waals surface area contributed by atoms with E-state index in [1.807, 2.05) is 4.68 Å². The van der Waals surface area contributed by atoms with Gasteiger partial charge in [0.15, 0.2) is 5.82 Å². The maximum absolute atomic E-state index is 4.46. The van der Waals surface area contributed by atoms with Crippen LogP contribution in [0.25, 0.3) is 0 Å². The van der Waals surface area contributed by atoms with Gasteiger partial charge in [-0.25, -0.2) is 4.68 Å². The Morgan fingerprint density at radius 3 is 2.04 bits per heavy atom. The maximum atomic E-state index is 4.46. The number of aromatic nitrogens is 4. The molecular formula is C22H28N6. The molecule has 0 unspecified atom stereocenters. The predicted octanol–water partition coefficient (Wildman–Crippen LogP) is 3.34. The van der Waals surface area contributed by atoms with Gasteiger partial charge in [0.25, 0.3) is 0 Å². The van der Waals surface area contributed by atoms with Crippen molar-refractivity contribution in [3.8, 4) is 0 Å². The van der Waals surface area contributed by atoms with E-state index in [-0.39, 0.29) is 11.6 Å². The number of hydrogen-bond donors (Lipinski definition) is 0. The molecule has 1 aliphatic rings. The molecule has 0 saturated carbocycles. The summed E-state index contributed by atoms with van der Waals surface area (Å²) in [5.41, 5.74) is 2.35. The summed E-state index contributed by atoms with van der Waals surface area (Å²) in [7, 11) is 0. The predicted molar refractivity (Wildman–Crippen MR) is 111 cm³/mol. The van der Waals surface area contributed by atoms with Crippen LogP contribution in [0.1, 0.15) is 38.2 Å². The smallest absolute Gasteiger partial charge is 0.173 e. The third kappa shape index (κ3) is 3.78. The average Bonchev–Trinajstić information content (AvgIpc) is 3.20. The monoisotopic (exact) mass is 376 g/mol. The van der Waals surface area contributed by atoms with E-state index in [1.165, 1.54) is 11.3 Å². The molecule has 1 aliphatic heterocycles. The van der Waals surface area contributed by atoms with Gasteiger partial charge in [0, 0.05) is 31.9 Å². The van der Waals surface area contributed by atoms with Crippen LogP contribution in [0.4, 0.5) is 5.69 Å². The lowest BCUT2D eigenvalue weighted by Crippen LogP contribution is -2.48. The van der Waals surface area contributed by atoms with Gasteiger partial charge in [0.2, 0.25) is 0 Å². The van der Waals surface area contributed by atoms with Crippen LogP contribution in [0, 0.1) is 0 Å². The fourth-order valence-electron chi connectivity index (χ4n) is 3.88. The molecule has 1 atom stereocenters. The summed E-state index contributed by atoms with van der Waals surface area (Å²) in [6, 6.07) is 21.3. The van der Waals surface area contributed by atoms with Crippen LogP contribution >= 0.6 is 0 Å². The minimum Gasteiger partial charge on any atom is -0.369 e. The topological polar surface area (TPSA) is 50.1 Å². The van der Waals surface area contributed by atoms with E-state index < -0.39 is 0 Å². The molecule has 1 fully saturated rings. The van der Waals surface area contributed by atoms with Crippen molar-refractivity contribution in [2.24, 2.45) is 0 Å². The third-order valence-corrected chi connectivity index (χ3v) is 5.29. The molecule has 0 bridgehead atoms. The van der Waals surface area contributed by atoms with E-state index in [4.69, 9.17) is 0 Å². The van der Waals surface area contributed by atoms with Gasteiger partial charge in [-0.2, -0.15) is 0 Å². The highest BCUT2D eigenvalue weighted by molar-refractivity contribution is 5.46. The van der Waals surface area contributed by atoms with E-state index in [1.54, 1.807) is 0 Å². The highest BCUT2D eigenvalue weighted by Crippen LogP contribution is 2.31. The second-order valence-electron chi connectivity index (χ2n) is 8.29. The van der Waals surface area contributed by atoms with Crippen LogP contribution < -0.4 is 4.90 Å². The van der Waals surface area contributed by atoms with E-state index in [9.17, 15) is 0 Å². The molecular weight excluding hydrogens is 348 g/mol. The van der Waals surface area contributed by atoms with Crippen LogP contribution in [0.2, 0.25) is 0 Å². The van der Waals surface area contributed by atoms with Crippen molar-refractivity contribution in [1.29, 1.82) is 0 Å². The van der Waals surface area contributed by atoms with E-state index in [0.29, 0.717) is 0 Å². The summed E-state index contributed by atoms with van der Waals surface area (Å²) >= 11 is 0. The lowest BCUT2D eigenvalue weighted by atomic mass is 10.0. The zero-order valence-corrected chi connectivity index (χ0v) is 16.9. The van der Waals surface area contributed by atoms with Crippen LogP contribution in [0.5, 0.6) is 0 Å². The zero-order valence-electron chi connectivity index (χ0n) is 16.9. The summed E-state index contributed by atoms with van der Waals surface area (Å²) in [6.07, 6.45) is 0. The number of rotatable bonds is 4. The van der Waals surface area contributed by atoms with Gasteiger partial charge in [0.1, 0.15) is 0 Å². The normalized spacial score (nSPS) is 16.9. The number of piperazine rings is 1. The molecule has 1 aromatic heterocycles. The first kappa shape index (κ1) is 18.6. The number of anilines is 1. The Hall–Kier alpha value is -2.73. The molecule has 28 heavy (non-hydrogen) atoms. The Morgan fingerprint density at radius 2 is 1.43 bits per heavy atom. The van der Waals surface area contributed by atoms with Gasteiger partial charge < -0.3 is 4.90 Å². The molecule has 0 aliphatic carbocycles. The van der Waals surface area contributed by atoms with Gasteiger partial charge in [-0.15, -0.1) is 5.10 Å². The molecule has 2 heterocycles. The SMILES string of the molecule is CC(C)(C)n1nnnc1[C@@H](c1ccccc1)N1CCN(c2ccccc2)CC1.